The summed E-state index contributed by atoms with van der Waals surface area (Å²) >= 11 is 5.28. The van der Waals surface area contributed by atoms with Gasteiger partial charge in [0.25, 0.3) is 5.91 Å². The van der Waals surface area contributed by atoms with Gasteiger partial charge in [0.15, 0.2) is 4.77 Å². The average molecular weight is 335 g/mol. The molecule has 1 aromatic heterocycles. The predicted octanol–water partition coefficient (Wildman–Crippen LogP) is 1.51. The van der Waals surface area contributed by atoms with Crippen molar-refractivity contribution in [3.05, 3.63) is 46.7 Å². The third-order valence-corrected chi connectivity index (χ3v) is 4.47. The van der Waals surface area contributed by atoms with Gasteiger partial charge in [0.05, 0.1) is 6.67 Å². The number of amides is 1. The van der Waals surface area contributed by atoms with Crippen LogP contribution >= 0.6 is 12.2 Å². The van der Waals surface area contributed by atoms with E-state index in [-0.39, 0.29) is 11.7 Å². The molecule has 0 bridgehead atoms. The zero-order chi connectivity index (χ0) is 16.4. The van der Waals surface area contributed by atoms with Crippen LogP contribution in [0, 0.1) is 10.6 Å². The first-order valence-electron chi connectivity index (χ1n) is 7.40. The van der Waals surface area contributed by atoms with Crippen molar-refractivity contribution in [1.82, 2.24) is 24.1 Å². The molecule has 1 amide bonds. The van der Waals surface area contributed by atoms with E-state index in [4.69, 9.17) is 12.2 Å². The van der Waals surface area contributed by atoms with Crippen LogP contribution in [0.3, 0.4) is 0 Å². The molecule has 0 saturated carbocycles. The summed E-state index contributed by atoms with van der Waals surface area (Å²) in [6.45, 7) is 3.40. The highest BCUT2D eigenvalue weighted by Crippen LogP contribution is 2.10. The second-order valence-corrected chi connectivity index (χ2v) is 5.95. The Kier molecular flexibility index (Phi) is 4.53. The standard InChI is InChI=1S/C15H18FN5OS/c1-18-10-17-21(15(18)23)11-19-6-8-20(9-7-19)14(22)12-2-4-13(16)5-3-12/h2-5,10H,6-9,11H2,1H3. The van der Waals surface area contributed by atoms with Crippen LogP contribution in [0.15, 0.2) is 30.6 Å². The fourth-order valence-corrected chi connectivity index (χ4v) is 2.73. The van der Waals surface area contributed by atoms with Gasteiger partial charge in [0, 0.05) is 38.8 Å². The monoisotopic (exact) mass is 335 g/mol. The van der Waals surface area contributed by atoms with Crippen LogP contribution in [0.2, 0.25) is 0 Å². The Morgan fingerprint density at radius 3 is 2.43 bits per heavy atom. The van der Waals surface area contributed by atoms with Crippen molar-refractivity contribution >= 4 is 18.1 Å². The van der Waals surface area contributed by atoms with Crippen molar-refractivity contribution in [2.75, 3.05) is 26.2 Å². The highest BCUT2D eigenvalue weighted by atomic mass is 32.1. The first-order valence-corrected chi connectivity index (χ1v) is 7.81. The smallest absolute Gasteiger partial charge is 0.253 e. The van der Waals surface area contributed by atoms with Gasteiger partial charge in [-0.3, -0.25) is 9.69 Å². The third kappa shape index (κ3) is 3.48. The number of hydrogen-bond donors (Lipinski definition) is 0. The minimum absolute atomic E-state index is 0.0564. The largest absolute Gasteiger partial charge is 0.336 e. The second-order valence-electron chi connectivity index (χ2n) is 5.58. The van der Waals surface area contributed by atoms with E-state index in [0.29, 0.717) is 30.1 Å². The van der Waals surface area contributed by atoms with Gasteiger partial charge in [-0.2, -0.15) is 5.10 Å². The number of halogens is 1. The van der Waals surface area contributed by atoms with Crippen molar-refractivity contribution in [1.29, 1.82) is 0 Å². The number of hydrogen-bond acceptors (Lipinski definition) is 4. The van der Waals surface area contributed by atoms with Crippen molar-refractivity contribution in [2.45, 2.75) is 6.67 Å². The molecule has 6 nitrogen and oxygen atoms in total. The van der Waals surface area contributed by atoms with E-state index in [1.807, 2.05) is 7.05 Å². The van der Waals surface area contributed by atoms with Crippen molar-refractivity contribution in [2.24, 2.45) is 7.05 Å². The molecule has 3 rings (SSSR count). The van der Waals surface area contributed by atoms with Gasteiger partial charge in [-0.25, -0.2) is 9.07 Å². The summed E-state index contributed by atoms with van der Waals surface area (Å²) in [7, 11) is 1.87. The van der Waals surface area contributed by atoms with Gasteiger partial charge in [-0.1, -0.05) is 0 Å². The Balaban J connectivity index is 1.58. The van der Waals surface area contributed by atoms with E-state index in [0.717, 1.165) is 13.1 Å². The second kappa shape index (κ2) is 6.59. The van der Waals surface area contributed by atoms with Crippen molar-refractivity contribution < 1.29 is 9.18 Å². The summed E-state index contributed by atoms with van der Waals surface area (Å²) < 4.78 is 17.2. The van der Waals surface area contributed by atoms with Crippen LogP contribution < -0.4 is 0 Å². The van der Waals surface area contributed by atoms with Gasteiger partial charge in [0.1, 0.15) is 12.1 Å². The number of carbonyl (C=O) groups excluding carboxylic acids is 1. The number of aryl methyl sites for hydroxylation is 1. The first-order chi connectivity index (χ1) is 11.0. The van der Waals surface area contributed by atoms with E-state index >= 15 is 0 Å². The molecule has 23 heavy (non-hydrogen) atoms. The third-order valence-electron chi connectivity index (χ3n) is 3.97. The molecule has 0 atom stereocenters. The minimum Gasteiger partial charge on any atom is -0.336 e. The number of nitrogens with zero attached hydrogens (tertiary/aromatic N) is 5. The lowest BCUT2D eigenvalue weighted by Crippen LogP contribution is -2.49. The van der Waals surface area contributed by atoms with Crippen molar-refractivity contribution in [3.63, 3.8) is 0 Å². The van der Waals surface area contributed by atoms with E-state index in [2.05, 4.69) is 10.00 Å². The lowest BCUT2D eigenvalue weighted by Gasteiger charge is -2.34. The Morgan fingerprint density at radius 2 is 1.87 bits per heavy atom. The highest BCUT2D eigenvalue weighted by molar-refractivity contribution is 7.71. The van der Waals surface area contributed by atoms with E-state index in [9.17, 15) is 9.18 Å². The fraction of sp³-hybridized carbons (Fsp3) is 0.400. The summed E-state index contributed by atoms with van der Waals surface area (Å²) in [5, 5.41) is 4.24. The molecule has 0 N–H and O–H groups in total. The van der Waals surface area contributed by atoms with Crippen LogP contribution in [-0.2, 0) is 13.7 Å². The minimum atomic E-state index is -0.335. The van der Waals surface area contributed by atoms with Crippen LogP contribution in [0.25, 0.3) is 0 Å². The Morgan fingerprint density at radius 1 is 1.22 bits per heavy atom. The maximum atomic E-state index is 12.9. The van der Waals surface area contributed by atoms with Crippen LogP contribution in [0.4, 0.5) is 4.39 Å². The summed E-state index contributed by atoms with van der Waals surface area (Å²) in [6, 6.07) is 5.67. The maximum Gasteiger partial charge on any atom is 0.253 e. The summed E-state index contributed by atoms with van der Waals surface area (Å²) in [5.41, 5.74) is 0.520. The molecular weight excluding hydrogens is 317 g/mol. The zero-order valence-electron chi connectivity index (χ0n) is 12.9. The van der Waals surface area contributed by atoms with Gasteiger partial charge in [0.2, 0.25) is 0 Å². The summed E-state index contributed by atoms with van der Waals surface area (Å²) in [5.74, 6) is -0.391. The number of benzene rings is 1. The Bertz CT molecular complexity index is 746. The fourth-order valence-electron chi connectivity index (χ4n) is 2.57. The molecule has 1 fully saturated rings. The normalized spacial score (nSPS) is 15.8. The molecule has 122 valence electrons. The van der Waals surface area contributed by atoms with Gasteiger partial charge < -0.3 is 9.47 Å². The topological polar surface area (TPSA) is 46.3 Å². The number of carbonyl (C=O) groups is 1. The summed E-state index contributed by atoms with van der Waals surface area (Å²) in [4.78, 5) is 16.4. The van der Waals surface area contributed by atoms with Gasteiger partial charge in [-0.15, -0.1) is 0 Å². The predicted molar refractivity (Wildman–Crippen MR) is 85.9 cm³/mol. The van der Waals surface area contributed by atoms with Gasteiger partial charge in [-0.05, 0) is 36.5 Å². The van der Waals surface area contributed by atoms with Crippen LogP contribution in [-0.4, -0.2) is 56.2 Å². The molecular formula is C15H18FN5OS. The van der Waals surface area contributed by atoms with E-state index in [1.54, 1.807) is 20.5 Å². The molecule has 0 radical (unpaired) electrons. The molecule has 0 unspecified atom stereocenters. The van der Waals surface area contributed by atoms with E-state index < -0.39 is 0 Å². The van der Waals surface area contributed by atoms with Crippen LogP contribution in [0.5, 0.6) is 0 Å². The molecule has 1 aliphatic rings. The molecule has 0 spiro atoms. The number of piperazine rings is 1. The summed E-state index contributed by atoms with van der Waals surface area (Å²) in [6.07, 6.45) is 1.69. The number of aromatic nitrogens is 3. The average Bonchev–Trinajstić information content (AvgIpc) is 2.88. The highest BCUT2D eigenvalue weighted by Gasteiger charge is 2.22. The number of rotatable bonds is 3. The molecule has 1 aliphatic heterocycles. The lowest BCUT2D eigenvalue weighted by molar-refractivity contribution is 0.0585. The van der Waals surface area contributed by atoms with Crippen molar-refractivity contribution in [3.8, 4) is 0 Å². The quantitative estimate of drug-likeness (QED) is 0.798. The maximum absolute atomic E-state index is 12.9. The molecule has 2 heterocycles. The van der Waals surface area contributed by atoms with E-state index in [1.165, 1.54) is 24.3 Å². The molecule has 1 aromatic carbocycles. The Labute approximate surface area is 138 Å². The molecule has 2 aromatic rings. The zero-order valence-corrected chi connectivity index (χ0v) is 13.7. The lowest BCUT2D eigenvalue weighted by atomic mass is 10.2. The molecule has 1 saturated heterocycles. The van der Waals surface area contributed by atoms with Crippen LogP contribution in [0.1, 0.15) is 10.4 Å². The first kappa shape index (κ1) is 15.8. The molecule has 0 aliphatic carbocycles. The SMILES string of the molecule is Cn1cnn(CN2CCN(C(=O)c3ccc(F)cc3)CC2)c1=S. The van der Waals surface area contributed by atoms with Gasteiger partial charge >= 0.3 is 0 Å². The Hall–Kier alpha value is -2.06. The molecule has 8 heteroatoms.